The molecule has 24 heavy (non-hydrogen) atoms. The van der Waals surface area contributed by atoms with Gasteiger partial charge >= 0.3 is 0 Å². The Bertz CT molecular complexity index is 818. The van der Waals surface area contributed by atoms with Crippen LogP contribution in [0.5, 0.6) is 0 Å². The Kier molecular flexibility index (Phi) is 4.28. The average Bonchev–Trinajstić information content (AvgIpc) is 2.95. The van der Waals surface area contributed by atoms with Crippen LogP contribution in [0, 0.1) is 12.7 Å². The van der Waals surface area contributed by atoms with Crippen LogP contribution in [0.4, 0.5) is 10.1 Å². The van der Waals surface area contributed by atoms with E-state index in [1.54, 1.807) is 13.0 Å². The van der Waals surface area contributed by atoms with E-state index in [4.69, 9.17) is 10.5 Å². The third kappa shape index (κ3) is 3.12. The van der Waals surface area contributed by atoms with E-state index < -0.39 is 5.54 Å². The molecule has 3 rings (SSSR count). The summed E-state index contributed by atoms with van der Waals surface area (Å²) >= 11 is 1.37. The summed E-state index contributed by atoms with van der Waals surface area (Å²) in [7, 11) is 0. The topological polar surface area (TPSA) is 76.7 Å². The second kappa shape index (κ2) is 6.24. The second-order valence-corrected chi connectivity index (χ2v) is 6.82. The van der Waals surface area contributed by atoms with Crippen LogP contribution in [-0.2, 0) is 10.3 Å². The quantitative estimate of drug-likeness (QED) is 0.893. The van der Waals surface area contributed by atoms with Gasteiger partial charge in [0.15, 0.2) is 0 Å². The van der Waals surface area contributed by atoms with E-state index in [2.05, 4.69) is 10.3 Å². The maximum atomic E-state index is 14.3. The number of aryl methyl sites for hydroxylation is 1. The van der Waals surface area contributed by atoms with Gasteiger partial charge in [0, 0.05) is 17.7 Å². The predicted octanol–water partition coefficient (Wildman–Crippen LogP) is 3.40. The molecule has 0 aliphatic carbocycles. The zero-order chi connectivity index (χ0) is 17.3. The number of hydrogen-bond donors (Lipinski definition) is 2. The number of carbonyl (C=O) groups is 1. The fourth-order valence-corrected chi connectivity index (χ4v) is 3.51. The molecule has 7 heteroatoms. The number of rotatable bonds is 3. The van der Waals surface area contributed by atoms with Crippen molar-refractivity contribution in [3.8, 4) is 0 Å². The summed E-state index contributed by atoms with van der Waals surface area (Å²) in [6.45, 7) is 4.05. The molecule has 5 nitrogen and oxygen atoms in total. The standard InChI is InChI=1S/C17H18FN3O2S/c1-10-5-8-24-14(10)15(22)20-11-3-4-13(18)12(9-11)17(2)6-7-23-16(19)21-17/h3-5,8-9H,6-7H2,1-2H3,(H2,19,21)(H,20,22)/t17-/m0/s1. The van der Waals surface area contributed by atoms with Crippen molar-refractivity contribution in [1.29, 1.82) is 0 Å². The van der Waals surface area contributed by atoms with Gasteiger partial charge in [-0.3, -0.25) is 4.79 Å². The van der Waals surface area contributed by atoms with Gasteiger partial charge in [-0.15, -0.1) is 11.3 Å². The van der Waals surface area contributed by atoms with E-state index in [1.807, 2.05) is 18.4 Å². The maximum absolute atomic E-state index is 14.3. The van der Waals surface area contributed by atoms with Crippen molar-refractivity contribution in [2.24, 2.45) is 10.7 Å². The first kappa shape index (κ1) is 16.4. The molecular formula is C17H18FN3O2S. The lowest BCUT2D eigenvalue weighted by Crippen LogP contribution is -2.34. The number of hydrogen-bond acceptors (Lipinski definition) is 5. The van der Waals surface area contributed by atoms with Gasteiger partial charge in [0.25, 0.3) is 11.9 Å². The number of amides is 1. The highest BCUT2D eigenvalue weighted by molar-refractivity contribution is 7.12. The fourth-order valence-electron chi connectivity index (χ4n) is 2.69. The molecule has 126 valence electrons. The van der Waals surface area contributed by atoms with Gasteiger partial charge < -0.3 is 15.8 Å². The van der Waals surface area contributed by atoms with E-state index >= 15 is 0 Å². The molecule has 0 radical (unpaired) electrons. The third-order valence-corrected chi connectivity index (χ3v) is 5.08. The highest BCUT2D eigenvalue weighted by atomic mass is 32.1. The van der Waals surface area contributed by atoms with E-state index in [0.717, 1.165) is 5.56 Å². The first-order valence-corrected chi connectivity index (χ1v) is 8.40. The minimum absolute atomic E-state index is 0.0480. The largest absolute Gasteiger partial charge is 0.465 e. The Morgan fingerprint density at radius 1 is 1.46 bits per heavy atom. The molecule has 2 heterocycles. The van der Waals surface area contributed by atoms with Crippen LogP contribution in [0.25, 0.3) is 0 Å². The Morgan fingerprint density at radius 2 is 2.25 bits per heavy atom. The summed E-state index contributed by atoms with van der Waals surface area (Å²) in [5.41, 5.74) is 6.63. The zero-order valence-electron chi connectivity index (χ0n) is 13.4. The van der Waals surface area contributed by atoms with Gasteiger partial charge in [0.2, 0.25) is 0 Å². The lowest BCUT2D eigenvalue weighted by Gasteiger charge is -2.30. The van der Waals surface area contributed by atoms with Crippen molar-refractivity contribution < 1.29 is 13.9 Å². The summed E-state index contributed by atoms with van der Waals surface area (Å²) in [4.78, 5) is 17.2. The predicted molar refractivity (Wildman–Crippen MR) is 93.0 cm³/mol. The number of aliphatic imine (C=N–C) groups is 1. The molecule has 1 aromatic heterocycles. The van der Waals surface area contributed by atoms with E-state index in [1.165, 1.54) is 23.5 Å². The summed E-state index contributed by atoms with van der Waals surface area (Å²) in [6.07, 6.45) is 0.506. The van der Waals surface area contributed by atoms with Crippen LogP contribution in [0.2, 0.25) is 0 Å². The van der Waals surface area contributed by atoms with Gasteiger partial charge in [-0.25, -0.2) is 9.38 Å². The number of carbonyl (C=O) groups excluding carboxylic acids is 1. The van der Waals surface area contributed by atoms with E-state index in [9.17, 15) is 9.18 Å². The number of anilines is 1. The summed E-state index contributed by atoms with van der Waals surface area (Å²) < 4.78 is 19.5. The first-order chi connectivity index (χ1) is 11.4. The van der Waals surface area contributed by atoms with Crippen molar-refractivity contribution >= 4 is 29.0 Å². The SMILES string of the molecule is Cc1ccsc1C(=O)Nc1ccc(F)c([C@]2(C)CCOC(N)=N2)c1. The monoisotopic (exact) mass is 347 g/mol. The van der Waals surface area contributed by atoms with Crippen LogP contribution in [-0.4, -0.2) is 18.5 Å². The Morgan fingerprint density at radius 3 is 2.92 bits per heavy atom. The Labute approximate surface area is 143 Å². The number of ether oxygens (including phenoxy) is 1. The molecule has 3 N–H and O–H groups in total. The number of nitrogens with zero attached hydrogens (tertiary/aromatic N) is 1. The normalized spacial score (nSPS) is 20.2. The molecule has 1 aliphatic heterocycles. The molecule has 1 aromatic carbocycles. The number of nitrogens with one attached hydrogen (secondary N) is 1. The van der Waals surface area contributed by atoms with Crippen LogP contribution in [0.15, 0.2) is 34.6 Å². The Hall–Kier alpha value is -2.41. The average molecular weight is 347 g/mol. The van der Waals surface area contributed by atoms with Crippen molar-refractivity contribution in [1.82, 2.24) is 0 Å². The molecule has 0 unspecified atom stereocenters. The molecule has 0 saturated carbocycles. The van der Waals surface area contributed by atoms with Crippen LogP contribution in [0.3, 0.4) is 0 Å². The fraction of sp³-hybridized carbons (Fsp3) is 0.294. The van der Waals surface area contributed by atoms with Crippen molar-refractivity contribution in [2.45, 2.75) is 25.8 Å². The lowest BCUT2D eigenvalue weighted by molar-refractivity contribution is 0.103. The minimum atomic E-state index is -0.813. The molecule has 1 aliphatic rings. The maximum Gasteiger partial charge on any atom is 0.282 e. The smallest absolute Gasteiger partial charge is 0.282 e. The summed E-state index contributed by atoms with van der Waals surface area (Å²) in [5.74, 6) is -0.596. The van der Waals surface area contributed by atoms with Gasteiger partial charge in [0.1, 0.15) is 5.82 Å². The summed E-state index contributed by atoms with van der Waals surface area (Å²) in [6, 6.07) is 6.41. The lowest BCUT2D eigenvalue weighted by atomic mass is 9.88. The molecule has 0 bridgehead atoms. The van der Waals surface area contributed by atoms with Crippen molar-refractivity contribution in [3.05, 3.63) is 51.5 Å². The van der Waals surface area contributed by atoms with Gasteiger partial charge in [0.05, 0.1) is 17.0 Å². The first-order valence-electron chi connectivity index (χ1n) is 7.53. The number of nitrogens with two attached hydrogens (primary N) is 1. The number of halogens is 1. The molecule has 0 fully saturated rings. The highest BCUT2D eigenvalue weighted by Crippen LogP contribution is 2.35. The van der Waals surface area contributed by atoms with Crippen molar-refractivity contribution in [3.63, 3.8) is 0 Å². The molecule has 1 amide bonds. The van der Waals surface area contributed by atoms with Crippen LogP contribution < -0.4 is 11.1 Å². The molecular weight excluding hydrogens is 329 g/mol. The minimum Gasteiger partial charge on any atom is -0.465 e. The summed E-state index contributed by atoms with van der Waals surface area (Å²) in [5, 5.41) is 4.68. The number of thiophene rings is 1. The van der Waals surface area contributed by atoms with Gasteiger partial charge in [-0.2, -0.15) is 0 Å². The second-order valence-electron chi connectivity index (χ2n) is 5.90. The van der Waals surface area contributed by atoms with Crippen LogP contribution in [0.1, 0.15) is 34.1 Å². The van der Waals surface area contributed by atoms with Crippen LogP contribution >= 0.6 is 11.3 Å². The number of benzene rings is 1. The highest BCUT2D eigenvalue weighted by Gasteiger charge is 2.33. The third-order valence-electron chi connectivity index (χ3n) is 4.07. The van der Waals surface area contributed by atoms with E-state index in [0.29, 0.717) is 29.2 Å². The number of amidine groups is 1. The molecule has 0 spiro atoms. The zero-order valence-corrected chi connectivity index (χ0v) is 14.2. The molecule has 1 atom stereocenters. The Balaban J connectivity index is 1.91. The molecule has 2 aromatic rings. The van der Waals surface area contributed by atoms with Crippen molar-refractivity contribution in [2.75, 3.05) is 11.9 Å². The van der Waals surface area contributed by atoms with Gasteiger partial charge in [-0.1, -0.05) is 0 Å². The molecule has 0 saturated heterocycles. The van der Waals surface area contributed by atoms with Gasteiger partial charge in [-0.05, 0) is 49.1 Å². The van der Waals surface area contributed by atoms with E-state index in [-0.39, 0.29) is 17.7 Å².